The summed E-state index contributed by atoms with van der Waals surface area (Å²) in [7, 11) is 0. The highest BCUT2D eigenvalue weighted by atomic mass is 35.5. The van der Waals surface area contributed by atoms with Gasteiger partial charge >= 0.3 is 0 Å². The number of hydrogen-bond acceptors (Lipinski definition) is 5. The lowest BCUT2D eigenvalue weighted by Crippen LogP contribution is -2.46. The lowest BCUT2D eigenvalue weighted by Gasteiger charge is -2.36. The molecule has 2 N–H and O–H groups in total. The van der Waals surface area contributed by atoms with Gasteiger partial charge in [0.15, 0.2) is 5.11 Å². The van der Waals surface area contributed by atoms with Crippen molar-refractivity contribution in [2.24, 2.45) is 0 Å². The van der Waals surface area contributed by atoms with E-state index in [0.29, 0.717) is 33.7 Å². The second-order valence-corrected chi connectivity index (χ2v) is 10.1. The number of nitrogens with zero attached hydrogens (tertiary/aromatic N) is 2. The fraction of sp³-hybridized carbons (Fsp3) is 0.259. The Balaban J connectivity index is 1.30. The number of amides is 1. The van der Waals surface area contributed by atoms with Crippen molar-refractivity contribution in [3.63, 3.8) is 0 Å². The molecule has 0 spiro atoms. The Morgan fingerprint density at radius 1 is 0.946 bits per heavy atom. The zero-order valence-electron chi connectivity index (χ0n) is 20.3. The smallest absolute Gasteiger partial charge is 0.257 e. The molecule has 0 radical (unpaired) electrons. The Labute approximate surface area is 237 Å². The molecule has 0 saturated carbocycles. The number of ether oxygens (including phenoxy) is 1. The second kappa shape index (κ2) is 12.8. The molecule has 1 amide bonds. The van der Waals surface area contributed by atoms with Gasteiger partial charge in [0.05, 0.1) is 22.3 Å². The summed E-state index contributed by atoms with van der Waals surface area (Å²) < 4.78 is 5.40. The fourth-order valence-corrected chi connectivity index (χ4v) is 5.05. The summed E-state index contributed by atoms with van der Waals surface area (Å²) >= 11 is 24.4. The molecule has 1 fully saturated rings. The molecule has 4 rings (SSSR count). The topological polar surface area (TPSA) is 56.8 Å². The highest BCUT2D eigenvalue weighted by Crippen LogP contribution is 2.30. The van der Waals surface area contributed by atoms with Crippen LogP contribution in [0.2, 0.25) is 15.1 Å². The van der Waals surface area contributed by atoms with Crippen LogP contribution >= 0.6 is 47.0 Å². The van der Waals surface area contributed by atoms with Crippen molar-refractivity contribution < 1.29 is 9.53 Å². The third kappa shape index (κ3) is 7.27. The number of thiocarbonyl (C=S) groups is 1. The quantitative estimate of drug-likeness (QED) is 0.313. The standard InChI is InChI=1S/C27H27Cl3N4O2S/c1-2-36-25-10-7-18(15-23(25)30)26(35)32-27(37)31-20-8-9-24(22(29)16-20)34-13-11-33(12-14-34)17-19-5-3-4-6-21(19)28/h3-10,15-16H,2,11-14,17H2,1H3,(H2,31,32,35,37). The second-order valence-electron chi connectivity index (χ2n) is 8.51. The van der Waals surface area contributed by atoms with Gasteiger partial charge in [-0.2, -0.15) is 0 Å². The van der Waals surface area contributed by atoms with E-state index in [1.807, 2.05) is 37.3 Å². The average Bonchev–Trinajstić information content (AvgIpc) is 2.87. The molecule has 0 aliphatic carbocycles. The van der Waals surface area contributed by atoms with Gasteiger partial charge in [0.1, 0.15) is 5.75 Å². The number of hydrogen-bond donors (Lipinski definition) is 2. The van der Waals surface area contributed by atoms with Gasteiger partial charge in [0.25, 0.3) is 5.91 Å². The Bertz CT molecular complexity index is 1280. The van der Waals surface area contributed by atoms with Crippen molar-refractivity contribution in [2.75, 3.05) is 43.0 Å². The monoisotopic (exact) mass is 576 g/mol. The van der Waals surface area contributed by atoms with Gasteiger partial charge < -0.3 is 15.0 Å². The van der Waals surface area contributed by atoms with Crippen molar-refractivity contribution in [3.05, 3.63) is 86.9 Å². The van der Waals surface area contributed by atoms with E-state index in [9.17, 15) is 4.79 Å². The lowest BCUT2D eigenvalue weighted by atomic mass is 10.2. The zero-order chi connectivity index (χ0) is 26.4. The number of halogens is 3. The van der Waals surface area contributed by atoms with E-state index >= 15 is 0 Å². The number of benzene rings is 3. The van der Waals surface area contributed by atoms with Crippen molar-refractivity contribution in [2.45, 2.75) is 13.5 Å². The van der Waals surface area contributed by atoms with Gasteiger partial charge in [-0.3, -0.25) is 15.0 Å². The van der Waals surface area contributed by atoms with Gasteiger partial charge in [0, 0.05) is 49.0 Å². The average molecular weight is 578 g/mol. The van der Waals surface area contributed by atoms with Crippen molar-refractivity contribution in [1.82, 2.24) is 10.2 Å². The molecule has 1 aliphatic rings. The summed E-state index contributed by atoms with van der Waals surface area (Å²) in [6.07, 6.45) is 0. The molecule has 1 heterocycles. The van der Waals surface area contributed by atoms with E-state index < -0.39 is 0 Å². The SMILES string of the molecule is CCOc1ccc(C(=O)NC(=S)Nc2ccc(N3CCN(Cc4ccccc4Cl)CC3)c(Cl)c2)cc1Cl. The first-order valence-corrected chi connectivity index (χ1v) is 13.4. The minimum atomic E-state index is -0.375. The van der Waals surface area contributed by atoms with Crippen LogP contribution in [0.4, 0.5) is 11.4 Å². The first kappa shape index (κ1) is 27.5. The molecule has 0 atom stereocenters. The predicted octanol–water partition coefficient (Wildman–Crippen LogP) is 6.49. The number of carbonyl (C=O) groups excluding carboxylic acids is 1. The van der Waals surface area contributed by atoms with Crippen LogP contribution in [0.3, 0.4) is 0 Å². The summed E-state index contributed by atoms with van der Waals surface area (Å²) in [5, 5.41) is 7.61. The van der Waals surface area contributed by atoms with Crippen LogP contribution < -0.4 is 20.3 Å². The summed E-state index contributed by atoms with van der Waals surface area (Å²) in [6, 6.07) is 18.5. The fourth-order valence-electron chi connectivity index (χ4n) is 4.11. The minimum Gasteiger partial charge on any atom is -0.492 e. The van der Waals surface area contributed by atoms with E-state index in [1.54, 1.807) is 24.3 Å². The Kier molecular flexibility index (Phi) is 9.51. The van der Waals surface area contributed by atoms with E-state index in [1.165, 1.54) is 0 Å². The van der Waals surface area contributed by atoms with Crippen molar-refractivity contribution >= 4 is 69.4 Å². The molecule has 37 heavy (non-hydrogen) atoms. The molecule has 1 saturated heterocycles. The molecular weight excluding hydrogens is 551 g/mol. The van der Waals surface area contributed by atoms with E-state index in [-0.39, 0.29) is 11.0 Å². The maximum absolute atomic E-state index is 12.6. The van der Waals surface area contributed by atoms with E-state index in [2.05, 4.69) is 26.5 Å². The molecular formula is C27H27Cl3N4O2S. The maximum Gasteiger partial charge on any atom is 0.257 e. The molecule has 0 aromatic heterocycles. The first-order chi connectivity index (χ1) is 17.8. The molecule has 10 heteroatoms. The Hall–Kier alpha value is -2.55. The molecule has 0 bridgehead atoms. The van der Waals surface area contributed by atoms with Gasteiger partial charge in [-0.15, -0.1) is 0 Å². The van der Waals surface area contributed by atoms with Crippen LogP contribution in [0.1, 0.15) is 22.8 Å². The third-order valence-corrected chi connectivity index (χ3v) is 7.16. The molecule has 0 unspecified atom stereocenters. The molecule has 3 aromatic carbocycles. The van der Waals surface area contributed by atoms with Crippen molar-refractivity contribution in [1.29, 1.82) is 0 Å². The number of rotatable bonds is 7. The first-order valence-electron chi connectivity index (χ1n) is 11.9. The number of nitrogens with one attached hydrogen (secondary N) is 2. The van der Waals surface area contributed by atoms with Gasteiger partial charge in [-0.05, 0) is 67.2 Å². The van der Waals surface area contributed by atoms with Crippen LogP contribution in [-0.2, 0) is 6.54 Å². The van der Waals surface area contributed by atoms with Gasteiger partial charge in [-0.1, -0.05) is 53.0 Å². The van der Waals surface area contributed by atoms with Gasteiger partial charge in [0.2, 0.25) is 0 Å². The number of piperazine rings is 1. The zero-order valence-corrected chi connectivity index (χ0v) is 23.4. The lowest BCUT2D eigenvalue weighted by molar-refractivity contribution is 0.0977. The predicted molar refractivity (Wildman–Crippen MR) is 157 cm³/mol. The van der Waals surface area contributed by atoms with Gasteiger partial charge in [-0.25, -0.2) is 0 Å². The summed E-state index contributed by atoms with van der Waals surface area (Å²) in [5.41, 5.74) is 3.16. The number of carbonyl (C=O) groups is 1. The normalized spacial score (nSPS) is 13.8. The van der Waals surface area contributed by atoms with Crippen LogP contribution in [0.25, 0.3) is 0 Å². The Morgan fingerprint density at radius 3 is 2.38 bits per heavy atom. The highest BCUT2D eigenvalue weighted by Gasteiger charge is 2.20. The molecule has 1 aliphatic heterocycles. The van der Waals surface area contributed by atoms with Crippen LogP contribution in [0, 0.1) is 0 Å². The van der Waals surface area contributed by atoms with Crippen molar-refractivity contribution in [3.8, 4) is 5.75 Å². The highest BCUT2D eigenvalue weighted by molar-refractivity contribution is 7.80. The van der Waals surface area contributed by atoms with Crippen LogP contribution in [0.15, 0.2) is 60.7 Å². The molecule has 194 valence electrons. The summed E-state index contributed by atoms with van der Waals surface area (Å²) in [5.74, 6) is 0.151. The summed E-state index contributed by atoms with van der Waals surface area (Å²) in [6.45, 7) is 6.72. The third-order valence-electron chi connectivity index (χ3n) is 5.99. The molecule has 3 aromatic rings. The molecule has 6 nitrogen and oxygen atoms in total. The van der Waals surface area contributed by atoms with E-state index in [4.69, 9.17) is 51.8 Å². The maximum atomic E-state index is 12.6. The van der Waals surface area contributed by atoms with Crippen LogP contribution in [0.5, 0.6) is 5.75 Å². The van der Waals surface area contributed by atoms with Crippen LogP contribution in [-0.4, -0.2) is 48.7 Å². The minimum absolute atomic E-state index is 0.159. The van der Waals surface area contributed by atoms with E-state index in [0.717, 1.165) is 49.0 Å². The summed E-state index contributed by atoms with van der Waals surface area (Å²) in [4.78, 5) is 17.2. The Morgan fingerprint density at radius 2 is 1.70 bits per heavy atom. The largest absolute Gasteiger partial charge is 0.492 e. The number of anilines is 2.